The van der Waals surface area contributed by atoms with Crippen LogP contribution >= 0.6 is 0 Å². The number of carbonyl (C=O) groups excluding carboxylic acids is 1. The van der Waals surface area contributed by atoms with Crippen LogP contribution in [0.5, 0.6) is 0 Å². The molecule has 0 fully saturated rings. The number of aryl methyl sites for hydroxylation is 1. The van der Waals surface area contributed by atoms with E-state index in [-0.39, 0.29) is 18.6 Å². The maximum absolute atomic E-state index is 12.1. The first-order valence-corrected chi connectivity index (χ1v) is 6.18. The van der Waals surface area contributed by atoms with Crippen molar-refractivity contribution >= 4 is 5.91 Å². The van der Waals surface area contributed by atoms with Gasteiger partial charge in [0, 0.05) is 13.2 Å². The summed E-state index contributed by atoms with van der Waals surface area (Å²) >= 11 is 0. The van der Waals surface area contributed by atoms with Gasteiger partial charge in [-0.1, -0.05) is 29.8 Å². The fourth-order valence-corrected chi connectivity index (χ4v) is 1.91. The lowest BCUT2D eigenvalue weighted by molar-refractivity contribution is -0.125. The average Bonchev–Trinajstić information content (AvgIpc) is 2.29. The molecule has 1 aromatic carbocycles. The van der Waals surface area contributed by atoms with Crippen LogP contribution in [0.25, 0.3) is 0 Å². The molecule has 0 aliphatic rings. The highest BCUT2D eigenvalue weighted by Crippen LogP contribution is 2.19. The first-order chi connectivity index (χ1) is 8.56. The lowest BCUT2D eigenvalue weighted by Crippen LogP contribution is -2.37. The summed E-state index contributed by atoms with van der Waals surface area (Å²) < 4.78 is 0. The molecule has 4 nitrogen and oxygen atoms in total. The largest absolute Gasteiger partial charge is 0.396 e. The number of aliphatic hydroxyl groups excluding tert-OH is 1. The number of nitrogens with one attached hydrogen (secondary N) is 1. The third-order valence-corrected chi connectivity index (χ3v) is 2.76. The third kappa shape index (κ3) is 4.13. The molecule has 4 heteroatoms. The molecule has 0 aliphatic carbocycles. The second-order valence-electron chi connectivity index (χ2n) is 4.65. The number of likely N-dealkylation sites (N-methyl/N-ethyl adjacent to an activating group) is 1. The van der Waals surface area contributed by atoms with E-state index in [0.29, 0.717) is 13.0 Å². The van der Waals surface area contributed by atoms with E-state index < -0.39 is 0 Å². The lowest BCUT2D eigenvalue weighted by Gasteiger charge is -2.24. The van der Waals surface area contributed by atoms with Gasteiger partial charge in [0.15, 0.2) is 0 Å². The Kier molecular flexibility index (Phi) is 5.82. The van der Waals surface area contributed by atoms with Crippen LogP contribution in [-0.2, 0) is 4.79 Å². The SMILES string of the molecule is Cc1cccc([C@H](C(=O)NCCCO)N(C)C)c1. The van der Waals surface area contributed by atoms with Crippen molar-refractivity contribution in [1.82, 2.24) is 10.2 Å². The van der Waals surface area contributed by atoms with E-state index in [9.17, 15) is 4.79 Å². The zero-order valence-electron chi connectivity index (χ0n) is 11.3. The summed E-state index contributed by atoms with van der Waals surface area (Å²) in [5.41, 5.74) is 2.13. The summed E-state index contributed by atoms with van der Waals surface area (Å²) in [5, 5.41) is 11.6. The Labute approximate surface area is 109 Å². The molecular weight excluding hydrogens is 228 g/mol. The lowest BCUT2D eigenvalue weighted by atomic mass is 10.0. The van der Waals surface area contributed by atoms with Crippen LogP contribution in [0.15, 0.2) is 24.3 Å². The van der Waals surface area contributed by atoms with E-state index >= 15 is 0 Å². The topological polar surface area (TPSA) is 52.6 Å². The van der Waals surface area contributed by atoms with E-state index in [0.717, 1.165) is 11.1 Å². The standard InChI is InChI=1S/C14H22N2O2/c1-11-6-4-7-12(10-11)13(16(2)3)14(18)15-8-5-9-17/h4,6-7,10,13,17H,5,8-9H2,1-3H3,(H,15,18)/t13-/m1/s1. The summed E-state index contributed by atoms with van der Waals surface area (Å²) in [7, 11) is 3.78. The van der Waals surface area contributed by atoms with E-state index in [1.54, 1.807) is 0 Å². The van der Waals surface area contributed by atoms with Crippen molar-refractivity contribution in [2.24, 2.45) is 0 Å². The molecule has 0 spiro atoms. The summed E-state index contributed by atoms with van der Waals surface area (Å²) in [6.07, 6.45) is 0.583. The minimum atomic E-state index is -0.288. The number of benzene rings is 1. The zero-order valence-corrected chi connectivity index (χ0v) is 11.3. The Morgan fingerprint density at radius 2 is 2.17 bits per heavy atom. The number of aliphatic hydroxyl groups is 1. The first-order valence-electron chi connectivity index (χ1n) is 6.18. The van der Waals surface area contributed by atoms with Gasteiger partial charge in [0.05, 0.1) is 0 Å². The summed E-state index contributed by atoms with van der Waals surface area (Å²) in [6.45, 7) is 2.61. The van der Waals surface area contributed by atoms with Gasteiger partial charge in [0.1, 0.15) is 6.04 Å². The number of hydrogen-bond acceptors (Lipinski definition) is 3. The van der Waals surface area contributed by atoms with Gasteiger partial charge in [-0.25, -0.2) is 0 Å². The molecule has 0 aromatic heterocycles. The molecule has 0 saturated carbocycles. The fraction of sp³-hybridized carbons (Fsp3) is 0.500. The van der Waals surface area contributed by atoms with Crippen LogP contribution in [0, 0.1) is 6.92 Å². The predicted octanol–water partition coefficient (Wildman–Crippen LogP) is 1.10. The maximum Gasteiger partial charge on any atom is 0.241 e. The van der Waals surface area contributed by atoms with Gasteiger partial charge < -0.3 is 10.4 Å². The molecule has 0 heterocycles. The summed E-state index contributed by atoms with van der Waals surface area (Å²) in [5.74, 6) is -0.0287. The number of nitrogens with zero attached hydrogens (tertiary/aromatic N) is 1. The van der Waals surface area contributed by atoms with Crippen molar-refractivity contribution in [2.45, 2.75) is 19.4 Å². The molecule has 1 amide bonds. The van der Waals surface area contributed by atoms with Gasteiger partial charge >= 0.3 is 0 Å². The molecule has 18 heavy (non-hydrogen) atoms. The van der Waals surface area contributed by atoms with Crippen LogP contribution in [0.4, 0.5) is 0 Å². The molecule has 0 bridgehead atoms. The number of rotatable bonds is 6. The second-order valence-corrected chi connectivity index (χ2v) is 4.65. The fourth-order valence-electron chi connectivity index (χ4n) is 1.91. The van der Waals surface area contributed by atoms with Crippen molar-refractivity contribution in [3.8, 4) is 0 Å². The van der Waals surface area contributed by atoms with E-state index in [2.05, 4.69) is 5.32 Å². The maximum atomic E-state index is 12.1. The third-order valence-electron chi connectivity index (χ3n) is 2.76. The number of hydrogen-bond donors (Lipinski definition) is 2. The Hall–Kier alpha value is -1.39. The molecule has 0 radical (unpaired) electrons. The van der Waals surface area contributed by atoms with Crippen LogP contribution < -0.4 is 5.32 Å². The van der Waals surface area contributed by atoms with Gasteiger partial charge in [-0.3, -0.25) is 9.69 Å². The minimum absolute atomic E-state index is 0.0287. The molecule has 1 atom stereocenters. The Morgan fingerprint density at radius 3 is 2.72 bits per heavy atom. The first kappa shape index (κ1) is 14.7. The molecule has 1 rings (SSSR count). The minimum Gasteiger partial charge on any atom is -0.396 e. The highest BCUT2D eigenvalue weighted by Gasteiger charge is 2.22. The van der Waals surface area contributed by atoms with Crippen LogP contribution in [0.1, 0.15) is 23.6 Å². The average molecular weight is 250 g/mol. The van der Waals surface area contributed by atoms with Gasteiger partial charge in [0.25, 0.3) is 0 Å². The molecule has 1 aromatic rings. The zero-order chi connectivity index (χ0) is 13.5. The van der Waals surface area contributed by atoms with Crippen LogP contribution in [0.2, 0.25) is 0 Å². The van der Waals surface area contributed by atoms with E-state index in [1.165, 1.54) is 0 Å². The van der Waals surface area contributed by atoms with Gasteiger partial charge in [-0.15, -0.1) is 0 Å². The van der Waals surface area contributed by atoms with Crippen molar-refractivity contribution in [3.63, 3.8) is 0 Å². The number of carbonyl (C=O) groups is 1. The normalized spacial score (nSPS) is 12.5. The Morgan fingerprint density at radius 1 is 1.44 bits per heavy atom. The molecule has 0 unspecified atom stereocenters. The monoisotopic (exact) mass is 250 g/mol. The van der Waals surface area contributed by atoms with Crippen molar-refractivity contribution in [3.05, 3.63) is 35.4 Å². The number of amides is 1. The highest BCUT2D eigenvalue weighted by molar-refractivity contribution is 5.83. The van der Waals surface area contributed by atoms with Crippen molar-refractivity contribution < 1.29 is 9.90 Å². The predicted molar refractivity (Wildman–Crippen MR) is 72.3 cm³/mol. The molecule has 0 aliphatic heterocycles. The van der Waals surface area contributed by atoms with Gasteiger partial charge in [-0.05, 0) is 33.0 Å². The summed E-state index contributed by atoms with van der Waals surface area (Å²) in [4.78, 5) is 14.0. The Balaban J connectivity index is 2.79. The smallest absolute Gasteiger partial charge is 0.241 e. The van der Waals surface area contributed by atoms with Gasteiger partial charge in [-0.2, -0.15) is 0 Å². The molecule has 0 saturated heterocycles. The van der Waals surface area contributed by atoms with E-state index in [4.69, 9.17) is 5.11 Å². The van der Waals surface area contributed by atoms with Crippen LogP contribution in [0.3, 0.4) is 0 Å². The summed E-state index contributed by atoms with van der Waals surface area (Å²) in [6, 6.07) is 7.67. The molecular formula is C14H22N2O2. The Bertz CT molecular complexity index is 391. The van der Waals surface area contributed by atoms with Crippen LogP contribution in [-0.4, -0.2) is 43.2 Å². The van der Waals surface area contributed by atoms with Crippen molar-refractivity contribution in [1.29, 1.82) is 0 Å². The van der Waals surface area contributed by atoms with Gasteiger partial charge in [0.2, 0.25) is 5.91 Å². The van der Waals surface area contributed by atoms with Crippen molar-refractivity contribution in [2.75, 3.05) is 27.2 Å². The quantitative estimate of drug-likeness (QED) is 0.743. The highest BCUT2D eigenvalue weighted by atomic mass is 16.3. The molecule has 100 valence electrons. The second kappa shape index (κ2) is 7.13. The molecule has 2 N–H and O–H groups in total. The van der Waals surface area contributed by atoms with E-state index in [1.807, 2.05) is 50.2 Å².